The number of phenolic OH excluding ortho intramolecular Hbond substituents is 1. The first-order valence-electron chi connectivity index (χ1n) is 38.1. The number of nitrogens with one attached hydrogen (secondary N) is 1. The highest BCUT2D eigenvalue weighted by molar-refractivity contribution is 7.08. The Kier molecular flexibility index (Phi) is 44.8. The smallest absolute Gasteiger partial charge is 0.115 e. The van der Waals surface area contributed by atoms with Crippen LogP contribution in [0.25, 0.3) is 0 Å². The fourth-order valence-corrected chi connectivity index (χ4v) is 11.2. The van der Waals surface area contributed by atoms with Gasteiger partial charge in [0.25, 0.3) is 0 Å². The van der Waals surface area contributed by atoms with E-state index in [1.165, 1.54) is 67.2 Å². The monoisotopic (exact) mass is 1440 g/mol. The van der Waals surface area contributed by atoms with Crippen LogP contribution in [0, 0.1) is 20.8 Å². The molecule has 13 heteroatoms. The minimum Gasteiger partial charge on any atom is -0.508 e. The van der Waals surface area contributed by atoms with E-state index in [9.17, 15) is 0 Å². The topological polar surface area (TPSA) is 129 Å². The first-order valence-corrected chi connectivity index (χ1v) is 39.1. The van der Waals surface area contributed by atoms with Crippen molar-refractivity contribution >= 4 is 11.3 Å². The Morgan fingerprint density at radius 1 is 0.410 bits per heavy atom. The van der Waals surface area contributed by atoms with Gasteiger partial charge in [0.1, 0.15) is 5.75 Å². The number of benzene rings is 3. The van der Waals surface area contributed by atoms with E-state index in [1.54, 1.807) is 23.5 Å². The third kappa shape index (κ3) is 37.8. The molecule has 0 unspecified atom stereocenters. The second-order valence-corrected chi connectivity index (χ2v) is 31.0. The van der Waals surface area contributed by atoms with Crippen molar-refractivity contribution in [3.05, 3.63) is 291 Å². The van der Waals surface area contributed by atoms with Crippen LogP contribution in [-0.4, -0.2) is 67.1 Å². The maximum atomic E-state index is 8.94. The van der Waals surface area contributed by atoms with Crippen molar-refractivity contribution in [1.82, 2.24) is 54.2 Å². The molecule has 0 spiro atoms. The number of nitrogens with zero attached hydrogens (tertiary/aromatic N) is 10. The summed E-state index contributed by atoms with van der Waals surface area (Å²) in [5, 5.41) is 29.0. The lowest BCUT2D eigenvalue weighted by Gasteiger charge is -2.29. The molecule has 572 valence electrons. The van der Waals surface area contributed by atoms with E-state index in [0.717, 1.165) is 24.5 Å². The molecule has 0 bridgehead atoms. The van der Waals surface area contributed by atoms with Crippen LogP contribution in [0.4, 0.5) is 0 Å². The predicted molar refractivity (Wildman–Crippen MR) is 453 cm³/mol. The summed E-state index contributed by atoms with van der Waals surface area (Å²) in [6.07, 6.45) is 17.1. The standard InChI is InChI=1S/C10H14.C9H15N3.2C9H13N.C9H12O.C9H12.C8H13N.C8H11N.2C7H12N2.C7H10S/c1-8(2)10-6-4-9(3)5-7-10;1-7(2)9-3-4-11-12(9)8-5-10-6-8;1-7(2)9-4-5-10-8(3)6-9;1-7(2)9-5-4-6-10-8(9)3;1-7(2)8-3-5-9(10)6-4-8;1-8(2)9-6-4-3-5-7-9;1-7(2)8-5-4-6-9(8)3;1-7(2)8-3-5-9-6-4-8;1-6(2)7-4-8-9(3)5-7;1-6(2)7-4-5-8-9(7)3;1-6(2)7-3-4-8-5-7/h4-8H,1-3H3;3-4,7-8,10H,5-6H2,1-2H3;2*4-7H,1-3H3;3-7,10H,1-2H3;3-8H,1-2H3;4-7H,1-3H3;3-7H,1-2H3;2*4-6H,1-3H3;3-6H,1-2H3. The van der Waals surface area contributed by atoms with Gasteiger partial charge in [-0.1, -0.05) is 231 Å². The van der Waals surface area contributed by atoms with Gasteiger partial charge in [-0.05, 0) is 214 Å². The second kappa shape index (κ2) is 50.8. The molecule has 0 radical (unpaired) electrons. The van der Waals surface area contributed by atoms with Crippen LogP contribution in [0.3, 0.4) is 0 Å². The van der Waals surface area contributed by atoms with Crippen molar-refractivity contribution in [3.8, 4) is 5.75 Å². The molecule has 1 fully saturated rings. The van der Waals surface area contributed by atoms with Gasteiger partial charge in [0.05, 0.1) is 12.2 Å². The van der Waals surface area contributed by atoms with E-state index < -0.39 is 0 Å². The first-order chi connectivity index (χ1) is 49.6. The van der Waals surface area contributed by atoms with Crippen molar-refractivity contribution in [2.24, 2.45) is 21.1 Å². The van der Waals surface area contributed by atoms with Crippen LogP contribution in [0.2, 0.25) is 0 Å². The van der Waals surface area contributed by atoms with E-state index in [-0.39, 0.29) is 0 Å². The van der Waals surface area contributed by atoms with Gasteiger partial charge >= 0.3 is 0 Å². The average molecular weight is 1450 g/mol. The molecular weight excluding hydrogens is 1310 g/mol. The van der Waals surface area contributed by atoms with Gasteiger partial charge < -0.3 is 15.0 Å². The summed E-state index contributed by atoms with van der Waals surface area (Å²) >= 11 is 1.77. The molecule has 3 aromatic carbocycles. The number of phenols is 1. The molecule has 9 heterocycles. The summed E-state index contributed by atoms with van der Waals surface area (Å²) in [5.41, 5.74) is 18.5. The molecular formula is C92H137N11OS. The maximum absolute atomic E-state index is 8.94. The Morgan fingerprint density at radius 3 is 1.24 bits per heavy atom. The number of pyridine rings is 3. The number of thiophene rings is 1. The van der Waals surface area contributed by atoms with Crippen molar-refractivity contribution < 1.29 is 5.11 Å². The van der Waals surface area contributed by atoms with Crippen LogP contribution < -0.4 is 5.32 Å². The Labute approximate surface area is 641 Å². The highest BCUT2D eigenvalue weighted by Crippen LogP contribution is 2.23. The highest BCUT2D eigenvalue weighted by atomic mass is 32.1. The highest BCUT2D eigenvalue weighted by Gasteiger charge is 2.22. The number of rotatable bonds is 12. The number of aryl methyl sites for hydroxylation is 6. The summed E-state index contributed by atoms with van der Waals surface area (Å²) in [6, 6.07) is 50.1. The number of aromatic hydroxyl groups is 1. The molecule has 2 N–H and O–H groups in total. The lowest BCUT2D eigenvalue weighted by Crippen LogP contribution is -2.44. The average Bonchev–Trinajstić information content (AvgIpc) is 1.71. The Hall–Kier alpha value is -8.52. The summed E-state index contributed by atoms with van der Waals surface area (Å²) < 4.78 is 8.05. The first kappa shape index (κ1) is 92.6. The number of hydrogen-bond acceptors (Lipinski definition) is 9. The fraction of sp³-hybridized carbons (Fsp3) is 0.457. The molecule has 12 nitrogen and oxygen atoms in total. The van der Waals surface area contributed by atoms with Crippen molar-refractivity contribution in [2.75, 3.05) is 13.1 Å². The molecule has 0 atom stereocenters. The lowest BCUT2D eigenvalue weighted by molar-refractivity contribution is 0.308. The van der Waals surface area contributed by atoms with Crippen LogP contribution in [0.5, 0.6) is 5.75 Å². The van der Waals surface area contributed by atoms with Gasteiger partial charge in [-0.25, -0.2) is 0 Å². The number of hydrogen-bond donors (Lipinski definition) is 2. The van der Waals surface area contributed by atoms with Crippen molar-refractivity contribution in [1.29, 1.82) is 0 Å². The Morgan fingerprint density at radius 2 is 0.905 bits per heavy atom. The van der Waals surface area contributed by atoms with Crippen LogP contribution >= 0.6 is 11.3 Å². The predicted octanol–water partition coefficient (Wildman–Crippen LogP) is 24.9. The molecule has 8 aromatic heterocycles. The maximum Gasteiger partial charge on any atom is 0.115 e. The van der Waals surface area contributed by atoms with Crippen molar-refractivity contribution in [2.45, 2.75) is 244 Å². The van der Waals surface area contributed by atoms with E-state index in [0.29, 0.717) is 76.9 Å². The molecule has 1 saturated heterocycles. The van der Waals surface area contributed by atoms with Crippen LogP contribution in [0.1, 0.15) is 302 Å². The second-order valence-electron chi connectivity index (χ2n) is 30.2. The van der Waals surface area contributed by atoms with Gasteiger partial charge in [0.15, 0.2) is 0 Å². The zero-order chi connectivity index (χ0) is 78.7. The Bertz CT molecular complexity index is 3760. The molecule has 0 amide bonds. The van der Waals surface area contributed by atoms with E-state index in [4.69, 9.17) is 5.11 Å². The lowest BCUT2D eigenvalue weighted by atomic mass is 10.0. The third-order valence-electron chi connectivity index (χ3n) is 17.4. The minimum atomic E-state index is 0.337. The third-order valence-corrected chi connectivity index (χ3v) is 18.1. The van der Waals surface area contributed by atoms with E-state index in [2.05, 4.69) is 326 Å². The number of aromatic nitrogens is 10. The molecule has 0 aliphatic carbocycles. The molecule has 1 aliphatic rings. The van der Waals surface area contributed by atoms with Gasteiger partial charge in [0.2, 0.25) is 0 Å². The molecule has 105 heavy (non-hydrogen) atoms. The normalized spacial score (nSPS) is 11.3. The summed E-state index contributed by atoms with van der Waals surface area (Å²) in [4.78, 5) is 12.3. The van der Waals surface area contributed by atoms with Crippen LogP contribution in [-0.2, 0) is 21.1 Å². The summed E-state index contributed by atoms with van der Waals surface area (Å²) in [7, 11) is 5.98. The fourth-order valence-electron chi connectivity index (χ4n) is 10.3. The zero-order valence-electron chi connectivity index (χ0n) is 69.9. The van der Waals surface area contributed by atoms with E-state index in [1.807, 2.05) is 122 Å². The minimum absolute atomic E-state index is 0.337. The van der Waals surface area contributed by atoms with E-state index >= 15 is 0 Å². The zero-order valence-corrected chi connectivity index (χ0v) is 70.7. The molecule has 1 aliphatic heterocycles. The van der Waals surface area contributed by atoms with Gasteiger partial charge in [-0.15, -0.1) is 0 Å². The van der Waals surface area contributed by atoms with Gasteiger partial charge in [-0.2, -0.15) is 26.6 Å². The molecule has 12 rings (SSSR count). The largest absolute Gasteiger partial charge is 0.508 e. The van der Waals surface area contributed by atoms with Crippen molar-refractivity contribution in [3.63, 3.8) is 0 Å². The van der Waals surface area contributed by atoms with Crippen LogP contribution in [0.15, 0.2) is 212 Å². The Balaban J connectivity index is 0.000000393. The SMILES string of the molecule is CC(C)c1ccc(O)cc1.CC(C)c1ccccc1.CC(C)c1cccn1C.CC(C)c1ccncc1.CC(C)c1ccnn1C.CC(C)c1ccnn1C1CNC1.CC(C)c1ccsc1.CC(C)c1cnn(C)c1.Cc1cc(C(C)C)ccn1.Cc1ccc(C(C)C)cc1.Cc1ncccc1C(C)C. The molecule has 0 saturated carbocycles. The van der Waals surface area contributed by atoms with Gasteiger partial charge in [-0.3, -0.25) is 29.0 Å². The molecule has 11 aromatic rings. The summed E-state index contributed by atoms with van der Waals surface area (Å²) in [5.74, 6) is 7.11. The quantitative estimate of drug-likeness (QED) is 0.124. The summed E-state index contributed by atoms with van der Waals surface area (Å²) in [6.45, 7) is 56.4. The van der Waals surface area contributed by atoms with Gasteiger partial charge in [0, 0.05) is 112 Å².